The Morgan fingerprint density at radius 3 is 2.33 bits per heavy atom. The highest BCUT2D eigenvalue weighted by Crippen LogP contribution is 2.12. The molecule has 1 N–H and O–H groups in total. The average Bonchev–Trinajstić information content (AvgIpc) is 2.41. The Morgan fingerprint density at radius 2 is 1.89 bits per heavy atom. The SMILES string of the molecule is CCOC(C)=O.c1ccc(N2CCNCC2)cc1. The topological polar surface area (TPSA) is 41.6 Å². The molecule has 1 aliphatic heterocycles. The molecular formula is C14H22N2O2. The van der Waals surface area contributed by atoms with Crippen LogP contribution in [0.5, 0.6) is 0 Å². The van der Waals surface area contributed by atoms with Gasteiger partial charge in [-0.05, 0) is 19.1 Å². The molecule has 1 aliphatic rings. The van der Waals surface area contributed by atoms with Gasteiger partial charge in [0.15, 0.2) is 0 Å². The molecule has 1 heterocycles. The van der Waals surface area contributed by atoms with Crippen LogP contribution >= 0.6 is 0 Å². The zero-order valence-corrected chi connectivity index (χ0v) is 11.2. The van der Waals surface area contributed by atoms with Gasteiger partial charge in [0.05, 0.1) is 6.61 Å². The largest absolute Gasteiger partial charge is 0.466 e. The molecule has 1 fully saturated rings. The molecule has 4 nitrogen and oxygen atoms in total. The molecule has 0 saturated carbocycles. The van der Waals surface area contributed by atoms with E-state index < -0.39 is 0 Å². The van der Waals surface area contributed by atoms with Crippen molar-refractivity contribution in [1.82, 2.24) is 5.32 Å². The first-order chi connectivity index (χ1) is 8.74. The van der Waals surface area contributed by atoms with Crippen molar-refractivity contribution in [2.75, 3.05) is 37.7 Å². The zero-order chi connectivity index (χ0) is 13.2. The minimum absolute atomic E-state index is 0.211. The van der Waals surface area contributed by atoms with E-state index in [4.69, 9.17) is 0 Å². The predicted molar refractivity (Wildman–Crippen MR) is 73.8 cm³/mol. The van der Waals surface area contributed by atoms with Crippen molar-refractivity contribution in [1.29, 1.82) is 0 Å². The van der Waals surface area contributed by atoms with Crippen molar-refractivity contribution in [3.8, 4) is 0 Å². The van der Waals surface area contributed by atoms with E-state index in [0.717, 1.165) is 26.2 Å². The van der Waals surface area contributed by atoms with Gasteiger partial charge >= 0.3 is 5.97 Å². The van der Waals surface area contributed by atoms with E-state index in [2.05, 4.69) is 45.3 Å². The van der Waals surface area contributed by atoms with Crippen molar-refractivity contribution in [2.45, 2.75) is 13.8 Å². The fraction of sp³-hybridized carbons (Fsp3) is 0.500. The molecule has 2 rings (SSSR count). The van der Waals surface area contributed by atoms with Crippen LogP contribution in [0.25, 0.3) is 0 Å². The number of hydrogen-bond donors (Lipinski definition) is 1. The number of anilines is 1. The first kappa shape index (κ1) is 14.5. The van der Waals surface area contributed by atoms with Crippen LogP contribution in [0.1, 0.15) is 13.8 Å². The average molecular weight is 250 g/mol. The van der Waals surface area contributed by atoms with Gasteiger partial charge < -0.3 is 15.0 Å². The number of piperazine rings is 1. The van der Waals surface area contributed by atoms with Gasteiger partial charge in [0.25, 0.3) is 0 Å². The lowest BCUT2D eigenvalue weighted by Crippen LogP contribution is -2.43. The predicted octanol–water partition coefficient (Wildman–Crippen LogP) is 1.67. The fourth-order valence-electron chi connectivity index (χ4n) is 1.77. The maximum atomic E-state index is 9.82. The summed E-state index contributed by atoms with van der Waals surface area (Å²) in [4.78, 5) is 12.2. The van der Waals surface area contributed by atoms with E-state index in [1.165, 1.54) is 12.6 Å². The minimum Gasteiger partial charge on any atom is -0.466 e. The fourth-order valence-corrected chi connectivity index (χ4v) is 1.77. The van der Waals surface area contributed by atoms with E-state index in [0.29, 0.717) is 6.61 Å². The molecule has 18 heavy (non-hydrogen) atoms. The van der Waals surface area contributed by atoms with Crippen LogP contribution in [0.15, 0.2) is 30.3 Å². The normalized spacial score (nSPS) is 14.4. The van der Waals surface area contributed by atoms with Gasteiger partial charge in [-0.25, -0.2) is 0 Å². The van der Waals surface area contributed by atoms with Crippen LogP contribution in [-0.2, 0) is 9.53 Å². The highest BCUT2D eigenvalue weighted by molar-refractivity contribution is 5.65. The number of nitrogens with one attached hydrogen (secondary N) is 1. The number of carbonyl (C=O) groups excluding carboxylic acids is 1. The van der Waals surface area contributed by atoms with Gasteiger partial charge in [0, 0.05) is 38.8 Å². The number of nitrogens with zero attached hydrogens (tertiary/aromatic N) is 1. The standard InChI is InChI=1S/C10H14N2.C4H8O2/c1-2-4-10(5-3-1)12-8-6-11-7-9-12;1-3-6-4(2)5/h1-5,11H,6-9H2;3H2,1-2H3. The molecule has 0 aromatic heterocycles. The third-order valence-corrected chi connectivity index (χ3v) is 2.59. The Hall–Kier alpha value is -1.55. The lowest BCUT2D eigenvalue weighted by Gasteiger charge is -2.29. The van der Waals surface area contributed by atoms with Crippen molar-refractivity contribution in [3.63, 3.8) is 0 Å². The summed E-state index contributed by atoms with van der Waals surface area (Å²) in [7, 11) is 0. The molecular weight excluding hydrogens is 228 g/mol. The highest BCUT2D eigenvalue weighted by atomic mass is 16.5. The summed E-state index contributed by atoms with van der Waals surface area (Å²) in [6.45, 7) is 8.12. The number of rotatable bonds is 2. The van der Waals surface area contributed by atoms with Crippen LogP contribution in [-0.4, -0.2) is 38.8 Å². The van der Waals surface area contributed by atoms with Gasteiger partial charge in [-0.1, -0.05) is 18.2 Å². The molecule has 0 unspecified atom stereocenters. The van der Waals surface area contributed by atoms with Crippen molar-refractivity contribution in [3.05, 3.63) is 30.3 Å². The van der Waals surface area contributed by atoms with E-state index in [1.54, 1.807) is 6.92 Å². The molecule has 0 spiro atoms. The molecule has 0 aliphatic carbocycles. The van der Waals surface area contributed by atoms with E-state index in [9.17, 15) is 4.79 Å². The molecule has 0 radical (unpaired) electrons. The van der Waals surface area contributed by atoms with Crippen molar-refractivity contribution in [2.24, 2.45) is 0 Å². The maximum absolute atomic E-state index is 9.82. The third kappa shape index (κ3) is 5.68. The van der Waals surface area contributed by atoms with Gasteiger partial charge in [-0.15, -0.1) is 0 Å². The Kier molecular flexibility index (Phi) is 6.87. The zero-order valence-electron chi connectivity index (χ0n) is 11.2. The van der Waals surface area contributed by atoms with E-state index in [-0.39, 0.29) is 5.97 Å². The number of para-hydroxylation sites is 1. The number of hydrogen-bond acceptors (Lipinski definition) is 4. The Balaban J connectivity index is 0.000000232. The summed E-state index contributed by atoms with van der Waals surface area (Å²) in [5.41, 5.74) is 1.35. The Labute approximate surface area is 109 Å². The summed E-state index contributed by atoms with van der Waals surface area (Å²) in [5.74, 6) is -0.211. The minimum atomic E-state index is -0.211. The Morgan fingerprint density at radius 1 is 1.28 bits per heavy atom. The van der Waals surface area contributed by atoms with E-state index >= 15 is 0 Å². The third-order valence-electron chi connectivity index (χ3n) is 2.59. The molecule has 0 amide bonds. The quantitative estimate of drug-likeness (QED) is 0.811. The first-order valence-electron chi connectivity index (χ1n) is 6.38. The molecule has 1 aromatic carbocycles. The molecule has 0 bridgehead atoms. The molecule has 0 atom stereocenters. The van der Waals surface area contributed by atoms with Crippen molar-refractivity contribution < 1.29 is 9.53 Å². The smallest absolute Gasteiger partial charge is 0.302 e. The molecule has 1 aromatic rings. The summed E-state index contributed by atoms with van der Waals surface area (Å²) < 4.78 is 4.40. The van der Waals surface area contributed by atoms with Crippen molar-refractivity contribution >= 4 is 11.7 Å². The first-order valence-corrected chi connectivity index (χ1v) is 6.38. The second-order valence-corrected chi connectivity index (χ2v) is 4.00. The van der Waals surface area contributed by atoms with Crippen LogP contribution < -0.4 is 10.2 Å². The second-order valence-electron chi connectivity index (χ2n) is 4.00. The summed E-state index contributed by atoms with van der Waals surface area (Å²) >= 11 is 0. The molecule has 100 valence electrons. The number of esters is 1. The Bertz CT molecular complexity index is 335. The van der Waals surface area contributed by atoms with Crippen LogP contribution in [0.3, 0.4) is 0 Å². The number of ether oxygens (including phenoxy) is 1. The van der Waals surface area contributed by atoms with Gasteiger partial charge in [-0.2, -0.15) is 0 Å². The van der Waals surface area contributed by atoms with E-state index in [1.807, 2.05) is 0 Å². The maximum Gasteiger partial charge on any atom is 0.302 e. The van der Waals surface area contributed by atoms with Gasteiger partial charge in [0.1, 0.15) is 0 Å². The van der Waals surface area contributed by atoms with Gasteiger partial charge in [0.2, 0.25) is 0 Å². The molecule has 1 saturated heterocycles. The monoisotopic (exact) mass is 250 g/mol. The lowest BCUT2D eigenvalue weighted by molar-refractivity contribution is -0.140. The highest BCUT2D eigenvalue weighted by Gasteiger charge is 2.08. The number of benzene rings is 1. The number of carbonyl (C=O) groups is 1. The van der Waals surface area contributed by atoms with Crippen LogP contribution in [0.2, 0.25) is 0 Å². The van der Waals surface area contributed by atoms with Gasteiger partial charge in [-0.3, -0.25) is 4.79 Å². The summed E-state index contributed by atoms with van der Waals surface area (Å²) in [6, 6.07) is 10.6. The lowest BCUT2D eigenvalue weighted by atomic mass is 10.2. The summed E-state index contributed by atoms with van der Waals surface area (Å²) in [5, 5.41) is 3.34. The second kappa shape index (κ2) is 8.53. The van der Waals surface area contributed by atoms with Crippen LogP contribution in [0, 0.1) is 0 Å². The van der Waals surface area contributed by atoms with Crippen LogP contribution in [0.4, 0.5) is 5.69 Å². The summed E-state index contributed by atoms with van der Waals surface area (Å²) in [6.07, 6.45) is 0. The molecule has 4 heteroatoms.